The van der Waals surface area contributed by atoms with Crippen LogP contribution in [0, 0.1) is 0 Å². The summed E-state index contributed by atoms with van der Waals surface area (Å²) in [5.74, 6) is 0. The van der Waals surface area contributed by atoms with Crippen LogP contribution < -0.4 is 0 Å². The van der Waals surface area contributed by atoms with Crippen LogP contribution in [0.5, 0.6) is 0 Å². The first kappa shape index (κ1) is 13.3. The summed E-state index contributed by atoms with van der Waals surface area (Å²) in [6.45, 7) is 0. The van der Waals surface area contributed by atoms with Gasteiger partial charge in [0, 0.05) is 17.8 Å². The zero-order chi connectivity index (χ0) is 13.5. The van der Waals surface area contributed by atoms with E-state index in [9.17, 15) is 13.2 Å². The summed E-state index contributed by atoms with van der Waals surface area (Å²) in [5.41, 5.74) is 0.201. The summed E-state index contributed by atoms with van der Waals surface area (Å²) in [6.07, 6.45) is 2.50. The van der Waals surface area contributed by atoms with Gasteiger partial charge >= 0.3 is 0 Å². The number of halogens is 2. The Morgan fingerprint density at radius 2 is 2.06 bits per heavy atom. The van der Waals surface area contributed by atoms with E-state index in [4.69, 9.17) is 23.2 Å². The van der Waals surface area contributed by atoms with Gasteiger partial charge in [0.15, 0.2) is 9.84 Å². The van der Waals surface area contributed by atoms with E-state index in [1.807, 2.05) is 0 Å². The summed E-state index contributed by atoms with van der Waals surface area (Å²) in [7, 11) is -3.47. The van der Waals surface area contributed by atoms with Crippen LogP contribution in [0.1, 0.15) is 10.4 Å². The predicted molar refractivity (Wildman–Crippen MR) is 70.0 cm³/mol. The standard InChI is InChI=1S/C11H7Cl2NO3S/c1-18(16,17)8-5-7(12)9(11(13)15)10-6(8)3-2-4-14-10/h2-5H,1H3. The van der Waals surface area contributed by atoms with Gasteiger partial charge in [-0.2, -0.15) is 0 Å². The minimum atomic E-state index is -3.47. The number of pyridine rings is 1. The SMILES string of the molecule is CS(=O)(=O)c1cc(Cl)c(C(=O)Cl)c2ncccc12. The molecule has 0 saturated heterocycles. The van der Waals surface area contributed by atoms with Crippen molar-refractivity contribution in [1.82, 2.24) is 4.98 Å². The molecule has 1 aromatic heterocycles. The van der Waals surface area contributed by atoms with Crippen LogP contribution in [0.4, 0.5) is 0 Å². The Morgan fingerprint density at radius 1 is 1.39 bits per heavy atom. The summed E-state index contributed by atoms with van der Waals surface area (Å²) in [5, 5.41) is -0.473. The third-order valence-electron chi connectivity index (χ3n) is 2.40. The zero-order valence-electron chi connectivity index (χ0n) is 9.15. The molecule has 4 nitrogen and oxygen atoms in total. The van der Waals surface area contributed by atoms with Crippen LogP contribution in [0.3, 0.4) is 0 Å². The van der Waals surface area contributed by atoms with Crippen molar-refractivity contribution in [2.75, 3.05) is 6.26 Å². The molecule has 0 N–H and O–H groups in total. The van der Waals surface area contributed by atoms with Gasteiger partial charge in [0.05, 0.1) is 21.0 Å². The zero-order valence-corrected chi connectivity index (χ0v) is 11.5. The molecule has 1 heterocycles. The molecule has 0 aliphatic heterocycles. The number of benzene rings is 1. The lowest BCUT2D eigenvalue weighted by Crippen LogP contribution is -2.03. The molecular weight excluding hydrogens is 297 g/mol. The Bertz CT molecular complexity index is 756. The monoisotopic (exact) mass is 303 g/mol. The number of fused-ring (bicyclic) bond motifs is 1. The highest BCUT2D eigenvalue weighted by atomic mass is 35.5. The summed E-state index contributed by atoms with van der Waals surface area (Å²) in [6, 6.07) is 4.35. The van der Waals surface area contributed by atoms with Crippen LogP contribution in [-0.2, 0) is 9.84 Å². The molecule has 0 aliphatic rings. The fourth-order valence-corrected chi connectivity index (χ4v) is 3.16. The Hall–Kier alpha value is -1.17. The largest absolute Gasteiger partial charge is 0.275 e. The van der Waals surface area contributed by atoms with E-state index in [2.05, 4.69) is 4.98 Å². The van der Waals surface area contributed by atoms with Crippen molar-refractivity contribution in [2.24, 2.45) is 0 Å². The molecular formula is C11H7Cl2NO3S. The van der Waals surface area contributed by atoms with Crippen LogP contribution in [-0.4, -0.2) is 24.9 Å². The lowest BCUT2D eigenvalue weighted by Gasteiger charge is -2.08. The van der Waals surface area contributed by atoms with Gasteiger partial charge in [-0.3, -0.25) is 9.78 Å². The summed E-state index contributed by atoms with van der Waals surface area (Å²) in [4.78, 5) is 15.3. The van der Waals surface area contributed by atoms with Crippen molar-refractivity contribution >= 4 is 49.2 Å². The molecule has 18 heavy (non-hydrogen) atoms. The van der Waals surface area contributed by atoms with Gasteiger partial charge in [-0.25, -0.2) is 8.42 Å². The molecule has 0 atom stereocenters. The number of hydrogen-bond acceptors (Lipinski definition) is 4. The molecule has 0 saturated carbocycles. The molecule has 0 unspecified atom stereocenters. The van der Waals surface area contributed by atoms with Gasteiger partial charge in [-0.15, -0.1) is 0 Å². The smallest absolute Gasteiger partial charge is 0.256 e. The molecule has 1 aromatic carbocycles. The Balaban J connectivity index is 3.04. The first-order valence-electron chi connectivity index (χ1n) is 4.79. The third kappa shape index (κ3) is 2.21. The number of sulfone groups is 1. The second-order valence-corrected chi connectivity index (χ2v) is 6.41. The topological polar surface area (TPSA) is 64.1 Å². The van der Waals surface area contributed by atoms with E-state index < -0.39 is 15.1 Å². The highest BCUT2D eigenvalue weighted by Gasteiger charge is 2.20. The van der Waals surface area contributed by atoms with Crippen LogP contribution in [0.25, 0.3) is 10.9 Å². The van der Waals surface area contributed by atoms with Gasteiger partial charge in [0.25, 0.3) is 5.24 Å². The van der Waals surface area contributed by atoms with Gasteiger partial charge in [-0.1, -0.05) is 11.6 Å². The van der Waals surface area contributed by atoms with Crippen molar-refractivity contribution in [3.63, 3.8) is 0 Å². The van der Waals surface area contributed by atoms with Crippen molar-refractivity contribution in [3.05, 3.63) is 35.0 Å². The van der Waals surface area contributed by atoms with Crippen LogP contribution in [0.15, 0.2) is 29.3 Å². The molecule has 0 amide bonds. The number of carbonyl (C=O) groups is 1. The molecule has 94 valence electrons. The molecule has 0 bridgehead atoms. The van der Waals surface area contributed by atoms with E-state index in [0.29, 0.717) is 5.39 Å². The average molecular weight is 304 g/mol. The summed E-state index contributed by atoms with van der Waals surface area (Å²) < 4.78 is 23.4. The maximum atomic E-state index is 11.7. The normalized spacial score (nSPS) is 11.7. The number of carbonyl (C=O) groups excluding carboxylic acids is 1. The minimum absolute atomic E-state index is 0.0151. The number of hydrogen-bond donors (Lipinski definition) is 0. The van der Waals surface area contributed by atoms with Gasteiger partial charge < -0.3 is 0 Å². The highest BCUT2D eigenvalue weighted by molar-refractivity contribution is 7.91. The van der Waals surface area contributed by atoms with Crippen LogP contribution in [0.2, 0.25) is 5.02 Å². The second-order valence-electron chi connectivity index (χ2n) is 3.68. The molecule has 0 fully saturated rings. The second kappa shape index (κ2) is 4.50. The maximum absolute atomic E-state index is 11.7. The Labute approximate surface area is 113 Å². The van der Waals surface area contributed by atoms with Gasteiger partial charge in [0.2, 0.25) is 0 Å². The van der Waals surface area contributed by atoms with E-state index in [0.717, 1.165) is 6.26 Å². The Kier molecular flexibility index (Phi) is 3.31. The fourth-order valence-electron chi connectivity index (χ4n) is 1.68. The molecule has 0 radical (unpaired) electrons. The predicted octanol–water partition coefficient (Wildman–Crippen LogP) is 2.67. The van der Waals surface area contributed by atoms with E-state index >= 15 is 0 Å². The van der Waals surface area contributed by atoms with Crippen LogP contribution >= 0.6 is 23.2 Å². The highest BCUT2D eigenvalue weighted by Crippen LogP contribution is 2.31. The minimum Gasteiger partial charge on any atom is -0.275 e. The number of nitrogens with zero attached hydrogens (tertiary/aromatic N) is 1. The van der Waals surface area contributed by atoms with E-state index in [1.165, 1.54) is 12.3 Å². The maximum Gasteiger partial charge on any atom is 0.256 e. The third-order valence-corrected chi connectivity index (χ3v) is 4.03. The van der Waals surface area contributed by atoms with Gasteiger partial charge in [0.1, 0.15) is 0 Å². The molecule has 2 rings (SSSR count). The van der Waals surface area contributed by atoms with Gasteiger partial charge in [-0.05, 0) is 29.8 Å². The van der Waals surface area contributed by atoms with E-state index in [1.54, 1.807) is 12.1 Å². The van der Waals surface area contributed by atoms with Crippen molar-refractivity contribution < 1.29 is 13.2 Å². The van der Waals surface area contributed by atoms with Crippen molar-refractivity contribution in [1.29, 1.82) is 0 Å². The fraction of sp³-hybridized carbons (Fsp3) is 0.0909. The molecule has 0 aliphatic carbocycles. The van der Waals surface area contributed by atoms with E-state index in [-0.39, 0.29) is 21.0 Å². The molecule has 2 aromatic rings. The average Bonchev–Trinajstić information content (AvgIpc) is 2.25. The first-order chi connectivity index (χ1) is 8.32. The number of aromatic nitrogens is 1. The quantitative estimate of drug-likeness (QED) is 0.800. The van der Waals surface area contributed by atoms with Crippen molar-refractivity contribution in [3.8, 4) is 0 Å². The molecule has 0 spiro atoms. The van der Waals surface area contributed by atoms with Crippen molar-refractivity contribution in [2.45, 2.75) is 4.90 Å². The number of rotatable bonds is 2. The lowest BCUT2D eigenvalue weighted by atomic mass is 10.1. The lowest BCUT2D eigenvalue weighted by molar-refractivity contribution is 0.108. The first-order valence-corrected chi connectivity index (χ1v) is 7.44. The molecule has 7 heteroatoms. The Morgan fingerprint density at radius 3 is 2.61 bits per heavy atom. The summed E-state index contributed by atoms with van der Waals surface area (Å²) >= 11 is 11.3.